The first kappa shape index (κ1) is 23.0. The molecule has 0 bridgehead atoms. The van der Waals surface area contributed by atoms with E-state index < -0.39 is 5.60 Å². The molecule has 1 spiro atoms. The Morgan fingerprint density at radius 3 is 2.77 bits per heavy atom. The molecule has 9 heteroatoms. The van der Waals surface area contributed by atoms with Crippen LogP contribution in [0.25, 0.3) is 0 Å². The fourth-order valence-electron chi connectivity index (χ4n) is 4.72. The van der Waals surface area contributed by atoms with Crippen molar-refractivity contribution < 1.29 is 19.1 Å². The topological polar surface area (TPSA) is 98.6 Å². The van der Waals surface area contributed by atoms with Crippen LogP contribution in [0.1, 0.15) is 39.3 Å². The summed E-state index contributed by atoms with van der Waals surface area (Å²) >= 11 is 0. The van der Waals surface area contributed by atoms with Crippen LogP contribution >= 0.6 is 0 Å². The molecule has 2 aromatic carbocycles. The number of carbonyl (C=O) groups is 2. The number of rotatable bonds is 6. The molecule has 1 N–H and O–H groups in total. The third-order valence-electron chi connectivity index (χ3n) is 6.75. The molecule has 1 aromatic heterocycles. The average molecular weight is 476 g/mol. The van der Waals surface area contributed by atoms with Gasteiger partial charge in [-0.1, -0.05) is 35.0 Å². The van der Waals surface area contributed by atoms with Crippen LogP contribution in [0, 0.1) is 6.92 Å². The first-order valence-electron chi connectivity index (χ1n) is 11.8. The Kier molecular flexibility index (Phi) is 6.25. The van der Waals surface area contributed by atoms with Gasteiger partial charge in [0.05, 0.1) is 45.5 Å². The van der Waals surface area contributed by atoms with Gasteiger partial charge in [-0.05, 0) is 43.2 Å². The monoisotopic (exact) mass is 475 g/mol. The van der Waals surface area contributed by atoms with Crippen LogP contribution in [0.2, 0.25) is 0 Å². The number of amides is 2. The second-order valence-corrected chi connectivity index (χ2v) is 9.25. The molecule has 1 unspecified atom stereocenters. The lowest BCUT2D eigenvalue weighted by Gasteiger charge is -2.34. The molecular formula is C26H29N5O4. The maximum atomic E-state index is 12.9. The summed E-state index contributed by atoms with van der Waals surface area (Å²) in [5.41, 5.74) is 3.71. The Balaban J connectivity index is 1.18. The van der Waals surface area contributed by atoms with E-state index in [2.05, 4.69) is 15.6 Å². The van der Waals surface area contributed by atoms with Gasteiger partial charge in [0.2, 0.25) is 5.91 Å². The zero-order chi connectivity index (χ0) is 24.4. The summed E-state index contributed by atoms with van der Waals surface area (Å²) in [6, 6.07) is 15.0. The molecule has 3 heterocycles. The van der Waals surface area contributed by atoms with E-state index in [1.165, 1.54) is 0 Å². The number of benzene rings is 2. The largest absolute Gasteiger partial charge is 0.497 e. The van der Waals surface area contributed by atoms with Crippen molar-refractivity contribution in [3.63, 3.8) is 0 Å². The van der Waals surface area contributed by atoms with E-state index in [-0.39, 0.29) is 18.4 Å². The molecule has 0 aliphatic carbocycles. The van der Waals surface area contributed by atoms with Crippen LogP contribution in [0.5, 0.6) is 5.75 Å². The lowest BCUT2D eigenvalue weighted by Crippen LogP contribution is -2.45. The maximum Gasteiger partial charge on any atom is 0.251 e. The molecule has 2 amide bonds. The van der Waals surface area contributed by atoms with E-state index >= 15 is 0 Å². The summed E-state index contributed by atoms with van der Waals surface area (Å²) in [5, 5.41) is 11.5. The average Bonchev–Trinajstić information content (AvgIpc) is 3.47. The predicted molar refractivity (Wildman–Crippen MR) is 128 cm³/mol. The number of fused-ring (bicyclic) bond motifs is 1. The minimum atomic E-state index is -0.460. The van der Waals surface area contributed by atoms with Gasteiger partial charge in [0.25, 0.3) is 5.91 Å². The van der Waals surface area contributed by atoms with Crippen molar-refractivity contribution in [3.8, 4) is 5.75 Å². The Hall–Kier alpha value is -3.72. The third kappa shape index (κ3) is 4.90. The Labute approximate surface area is 204 Å². The van der Waals surface area contributed by atoms with Gasteiger partial charge in [0, 0.05) is 12.1 Å². The number of nitrogens with one attached hydrogen (secondary N) is 1. The van der Waals surface area contributed by atoms with Crippen molar-refractivity contribution in [1.82, 2.24) is 25.2 Å². The van der Waals surface area contributed by atoms with Crippen LogP contribution in [0.15, 0.2) is 48.5 Å². The molecule has 3 aromatic rings. The predicted octanol–water partition coefficient (Wildman–Crippen LogP) is 2.27. The number of aryl methyl sites for hydroxylation is 1. The number of aromatic nitrogens is 3. The van der Waals surface area contributed by atoms with Crippen molar-refractivity contribution in [2.75, 3.05) is 20.2 Å². The summed E-state index contributed by atoms with van der Waals surface area (Å²) in [5.74, 6) is 0.708. The maximum absolute atomic E-state index is 12.9. The number of carbonyl (C=O) groups excluding carboxylic acids is 2. The molecule has 1 fully saturated rings. The second kappa shape index (κ2) is 9.50. The number of methoxy groups -OCH3 is 1. The van der Waals surface area contributed by atoms with Crippen LogP contribution in [0.4, 0.5) is 0 Å². The van der Waals surface area contributed by atoms with Crippen LogP contribution in [-0.2, 0) is 35.6 Å². The molecule has 2 aliphatic rings. The van der Waals surface area contributed by atoms with Crippen LogP contribution in [0.3, 0.4) is 0 Å². The quantitative estimate of drug-likeness (QED) is 0.587. The smallest absolute Gasteiger partial charge is 0.251 e. The minimum absolute atomic E-state index is 0.0829. The lowest BCUT2D eigenvalue weighted by molar-refractivity contribution is -0.132. The number of ether oxygens (including phenoxy) is 2. The van der Waals surface area contributed by atoms with Gasteiger partial charge < -0.3 is 19.7 Å². The third-order valence-corrected chi connectivity index (χ3v) is 6.75. The Morgan fingerprint density at radius 2 is 2.00 bits per heavy atom. The minimum Gasteiger partial charge on any atom is -0.497 e. The fourth-order valence-corrected chi connectivity index (χ4v) is 4.72. The summed E-state index contributed by atoms with van der Waals surface area (Å²) in [6.45, 7) is 4.30. The highest BCUT2D eigenvalue weighted by molar-refractivity contribution is 5.94. The van der Waals surface area contributed by atoms with E-state index in [0.717, 1.165) is 29.0 Å². The van der Waals surface area contributed by atoms with Crippen molar-refractivity contribution >= 4 is 11.8 Å². The molecule has 182 valence electrons. The molecular weight excluding hydrogens is 446 g/mol. The van der Waals surface area contributed by atoms with Crippen molar-refractivity contribution in [3.05, 3.63) is 76.6 Å². The standard InChI is InChI=1S/C26H29N5O4/c1-18-4-3-5-20(12-18)25(33)27-14-22-23-15-35-26(17-31(23)29-28-22)10-11-30(16-26)24(32)13-19-6-8-21(34-2)9-7-19/h3-9,12H,10-11,13-17H2,1-2H3,(H,27,33). The molecule has 1 atom stereocenters. The molecule has 35 heavy (non-hydrogen) atoms. The first-order chi connectivity index (χ1) is 16.9. The molecule has 5 rings (SSSR count). The molecule has 2 aliphatic heterocycles. The highest BCUT2D eigenvalue weighted by Gasteiger charge is 2.44. The summed E-state index contributed by atoms with van der Waals surface area (Å²) in [4.78, 5) is 27.3. The van der Waals surface area contributed by atoms with Gasteiger partial charge >= 0.3 is 0 Å². The van der Waals surface area contributed by atoms with Gasteiger partial charge in [0.1, 0.15) is 17.0 Å². The van der Waals surface area contributed by atoms with Gasteiger partial charge in [0.15, 0.2) is 0 Å². The van der Waals surface area contributed by atoms with Gasteiger partial charge in [-0.25, -0.2) is 4.68 Å². The number of hydrogen-bond donors (Lipinski definition) is 1. The van der Waals surface area contributed by atoms with E-state index in [0.29, 0.717) is 43.9 Å². The van der Waals surface area contributed by atoms with E-state index in [4.69, 9.17) is 9.47 Å². The molecule has 0 radical (unpaired) electrons. The molecule has 0 saturated carbocycles. The van der Waals surface area contributed by atoms with Crippen molar-refractivity contribution in [2.45, 2.75) is 45.1 Å². The van der Waals surface area contributed by atoms with E-state index in [1.54, 1.807) is 13.2 Å². The van der Waals surface area contributed by atoms with E-state index in [9.17, 15) is 9.59 Å². The Bertz CT molecular complexity index is 1240. The summed E-state index contributed by atoms with van der Waals surface area (Å²) < 4.78 is 13.3. The van der Waals surface area contributed by atoms with Gasteiger partial charge in [-0.2, -0.15) is 0 Å². The number of nitrogens with zero attached hydrogens (tertiary/aromatic N) is 4. The molecule has 9 nitrogen and oxygen atoms in total. The van der Waals surface area contributed by atoms with E-state index in [1.807, 2.05) is 59.0 Å². The zero-order valence-electron chi connectivity index (χ0n) is 20.0. The van der Waals surface area contributed by atoms with Crippen LogP contribution < -0.4 is 10.1 Å². The zero-order valence-corrected chi connectivity index (χ0v) is 20.0. The SMILES string of the molecule is COc1ccc(CC(=O)N2CCC3(C2)Cn2nnc(CNC(=O)c4cccc(C)c4)c2CO3)cc1. The summed E-state index contributed by atoms with van der Waals surface area (Å²) in [7, 11) is 1.62. The molecule has 1 saturated heterocycles. The number of hydrogen-bond acceptors (Lipinski definition) is 6. The highest BCUT2D eigenvalue weighted by Crippen LogP contribution is 2.33. The first-order valence-corrected chi connectivity index (χ1v) is 11.8. The normalized spacial score (nSPS) is 19.0. The fraction of sp³-hybridized carbons (Fsp3) is 0.385. The second-order valence-electron chi connectivity index (χ2n) is 9.25. The van der Waals surface area contributed by atoms with Gasteiger partial charge in [-0.15, -0.1) is 5.10 Å². The van der Waals surface area contributed by atoms with Crippen LogP contribution in [-0.4, -0.2) is 57.5 Å². The number of likely N-dealkylation sites (tertiary alicyclic amines) is 1. The highest BCUT2D eigenvalue weighted by atomic mass is 16.5. The van der Waals surface area contributed by atoms with Crippen molar-refractivity contribution in [2.24, 2.45) is 0 Å². The van der Waals surface area contributed by atoms with Crippen molar-refractivity contribution in [1.29, 1.82) is 0 Å². The summed E-state index contributed by atoms with van der Waals surface area (Å²) in [6.07, 6.45) is 1.10. The Morgan fingerprint density at radius 1 is 1.17 bits per heavy atom. The lowest BCUT2D eigenvalue weighted by atomic mass is 10.0. The van der Waals surface area contributed by atoms with Gasteiger partial charge in [-0.3, -0.25) is 9.59 Å².